The van der Waals surface area contributed by atoms with Crippen molar-refractivity contribution in [2.45, 2.75) is 6.18 Å². The highest BCUT2D eigenvalue weighted by Gasteiger charge is 2.33. The summed E-state index contributed by atoms with van der Waals surface area (Å²) in [5.74, 6) is 0.183. The van der Waals surface area contributed by atoms with Gasteiger partial charge in [0.15, 0.2) is 11.4 Å². The standard InChI is InChI=1S/C11H7BrF3N3O/c12-6-1-2-8(7(16)5-6)19-10-17-4-3-9(18-10)11(13,14)15/h1-5H,16H2. The summed E-state index contributed by atoms with van der Waals surface area (Å²) in [5, 5.41) is 0. The summed E-state index contributed by atoms with van der Waals surface area (Å²) in [6.45, 7) is 0. The second-order valence-electron chi connectivity index (χ2n) is 3.51. The van der Waals surface area contributed by atoms with Crippen LogP contribution in [-0.2, 0) is 6.18 Å². The van der Waals surface area contributed by atoms with Crippen LogP contribution in [-0.4, -0.2) is 9.97 Å². The lowest BCUT2D eigenvalue weighted by Crippen LogP contribution is -2.09. The molecule has 0 fully saturated rings. The van der Waals surface area contributed by atoms with Crippen molar-refractivity contribution >= 4 is 21.6 Å². The van der Waals surface area contributed by atoms with Gasteiger partial charge < -0.3 is 10.5 Å². The molecule has 1 aromatic carbocycles. The molecule has 0 saturated carbocycles. The number of anilines is 1. The zero-order chi connectivity index (χ0) is 14.0. The van der Waals surface area contributed by atoms with Gasteiger partial charge in [-0.15, -0.1) is 0 Å². The minimum Gasteiger partial charge on any atom is -0.422 e. The molecule has 0 spiro atoms. The maximum absolute atomic E-state index is 12.5. The maximum Gasteiger partial charge on any atom is 0.433 e. The molecule has 0 aliphatic heterocycles. The Morgan fingerprint density at radius 3 is 2.58 bits per heavy atom. The molecule has 2 N–H and O–H groups in total. The first-order valence-electron chi connectivity index (χ1n) is 4.99. The van der Waals surface area contributed by atoms with Gasteiger partial charge >= 0.3 is 12.2 Å². The number of hydrogen-bond acceptors (Lipinski definition) is 4. The third-order valence-corrected chi connectivity index (χ3v) is 2.59. The lowest BCUT2D eigenvalue weighted by atomic mass is 10.3. The number of nitrogen functional groups attached to an aromatic ring is 1. The van der Waals surface area contributed by atoms with Crippen LogP contribution in [0.1, 0.15) is 5.69 Å². The molecule has 0 aliphatic carbocycles. The van der Waals surface area contributed by atoms with Crippen LogP contribution in [0.15, 0.2) is 34.9 Å². The molecule has 0 bridgehead atoms. The highest BCUT2D eigenvalue weighted by Crippen LogP contribution is 2.31. The average Bonchev–Trinajstić information content (AvgIpc) is 2.32. The third-order valence-electron chi connectivity index (χ3n) is 2.10. The van der Waals surface area contributed by atoms with Crippen LogP contribution in [0.2, 0.25) is 0 Å². The number of nitrogens with two attached hydrogens (primary N) is 1. The number of aromatic nitrogens is 2. The van der Waals surface area contributed by atoms with Gasteiger partial charge in [-0.2, -0.15) is 18.2 Å². The first-order valence-corrected chi connectivity index (χ1v) is 5.78. The molecule has 1 heterocycles. The minimum atomic E-state index is -4.55. The molecular formula is C11H7BrF3N3O. The molecule has 0 unspecified atom stereocenters. The first kappa shape index (κ1) is 13.6. The van der Waals surface area contributed by atoms with Crippen molar-refractivity contribution < 1.29 is 17.9 Å². The van der Waals surface area contributed by atoms with Gasteiger partial charge in [-0.1, -0.05) is 15.9 Å². The molecule has 1 aromatic heterocycles. The molecule has 100 valence electrons. The Morgan fingerprint density at radius 1 is 1.21 bits per heavy atom. The fourth-order valence-corrected chi connectivity index (χ4v) is 1.64. The SMILES string of the molecule is Nc1cc(Br)ccc1Oc1nccc(C(F)(F)F)n1. The van der Waals surface area contributed by atoms with Crippen molar-refractivity contribution in [1.82, 2.24) is 9.97 Å². The summed E-state index contributed by atoms with van der Waals surface area (Å²) >= 11 is 3.20. The van der Waals surface area contributed by atoms with Crippen LogP contribution in [0.4, 0.5) is 18.9 Å². The van der Waals surface area contributed by atoms with E-state index in [1.54, 1.807) is 12.1 Å². The van der Waals surface area contributed by atoms with Gasteiger partial charge in [0.25, 0.3) is 0 Å². The summed E-state index contributed by atoms with van der Waals surface area (Å²) in [6.07, 6.45) is -3.58. The van der Waals surface area contributed by atoms with Crippen LogP contribution in [0, 0.1) is 0 Å². The molecule has 19 heavy (non-hydrogen) atoms. The van der Waals surface area contributed by atoms with Gasteiger partial charge in [0.2, 0.25) is 0 Å². The fraction of sp³-hybridized carbons (Fsp3) is 0.0909. The van der Waals surface area contributed by atoms with E-state index in [9.17, 15) is 13.2 Å². The van der Waals surface area contributed by atoms with E-state index >= 15 is 0 Å². The largest absolute Gasteiger partial charge is 0.433 e. The third kappa shape index (κ3) is 3.34. The number of halogens is 4. The molecule has 2 aromatic rings. The Balaban J connectivity index is 2.29. The van der Waals surface area contributed by atoms with Crippen molar-refractivity contribution in [1.29, 1.82) is 0 Å². The Kier molecular flexibility index (Phi) is 3.61. The van der Waals surface area contributed by atoms with E-state index in [0.717, 1.165) is 16.7 Å². The monoisotopic (exact) mass is 333 g/mol. The highest BCUT2D eigenvalue weighted by molar-refractivity contribution is 9.10. The van der Waals surface area contributed by atoms with E-state index in [4.69, 9.17) is 10.5 Å². The Morgan fingerprint density at radius 2 is 1.95 bits per heavy atom. The lowest BCUT2D eigenvalue weighted by molar-refractivity contribution is -0.141. The van der Waals surface area contributed by atoms with Gasteiger partial charge in [0, 0.05) is 10.7 Å². The molecule has 8 heteroatoms. The number of benzene rings is 1. The normalized spacial score (nSPS) is 11.4. The Hall–Kier alpha value is -1.83. The zero-order valence-electron chi connectivity index (χ0n) is 9.28. The van der Waals surface area contributed by atoms with Gasteiger partial charge in [0.05, 0.1) is 5.69 Å². The fourth-order valence-electron chi connectivity index (χ4n) is 1.26. The van der Waals surface area contributed by atoms with E-state index in [-0.39, 0.29) is 11.4 Å². The predicted molar refractivity (Wildman–Crippen MR) is 65.7 cm³/mol. The van der Waals surface area contributed by atoms with Crippen molar-refractivity contribution in [3.05, 3.63) is 40.6 Å². The van der Waals surface area contributed by atoms with E-state index < -0.39 is 17.9 Å². The van der Waals surface area contributed by atoms with Crippen LogP contribution < -0.4 is 10.5 Å². The maximum atomic E-state index is 12.5. The van der Waals surface area contributed by atoms with Crippen LogP contribution >= 0.6 is 15.9 Å². The van der Waals surface area contributed by atoms with Crippen molar-refractivity contribution in [2.75, 3.05) is 5.73 Å². The molecule has 0 atom stereocenters. The minimum absolute atomic E-state index is 0.183. The highest BCUT2D eigenvalue weighted by atomic mass is 79.9. The molecule has 0 amide bonds. The molecule has 2 rings (SSSR count). The van der Waals surface area contributed by atoms with Gasteiger partial charge in [-0.25, -0.2) is 4.98 Å². The zero-order valence-corrected chi connectivity index (χ0v) is 10.9. The second kappa shape index (κ2) is 5.04. The summed E-state index contributed by atoms with van der Waals surface area (Å²) in [4.78, 5) is 6.89. The summed E-state index contributed by atoms with van der Waals surface area (Å²) < 4.78 is 43.2. The first-order chi connectivity index (χ1) is 8.86. The number of hydrogen-bond donors (Lipinski definition) is 1. The van der Waals surface area contributed by atoms with E-state index in [2.05, 4.69) is 25.9 Å². The smallest absolute Gasteiger partial charge is 0.422 e. The van der Waals surface area contributed by atoms with E-state index in [1.807, 2.05) is 0 Å². The number of alkyl halides is 3. The molecule has 0 saturated heterocycles. The Labute approximate surface area is 114 Å². The Bertz CT molecular complexity index is 604. The van der Waals surface area contributed by atoms with E-state index in [1.165, 1.54) is 6.07 Å². The van der Waals surface area contributed by atoms with Gasteiger partial charge in [-0.05, 0) is 24.3 Å². The van der Waals surface area contributed by atoms with E-state index in [0.29, 0.717) is 0 Å². The molecule has 0 radical (unpaired) electrons. The summed E-state index contributed by atoms with van der Waals surface area (Å²) in [7, 11) is 0. The molecule has 0 aliphatic rings. The summed E-state index contributed by atoms with van der Waals surface area (Å²) in [5.41, 5.74) is 4.84. The molecule has 4 nitrogen and oxygen atoms in total. The predicted octanol–water partition coefficient (Wildman–Crippen LogP) is 3.63. The number of nitrogens with zero attached hydrogens (tertiary/aromatic N) is 2. The van der Waals surface area contributed by atoms with Crippen molar-refractivity contribution in [3.8, 4) is 11.8 Å². The topological polar surface area (TPSA) is 61.0 Å². The van der Waals surface area contributed by atoms with Crippen molar-refractivity contribution in [3.63, 3.8) is 0 Å². The van der Waals surface area contributed by atoms with Gasteiger partial charge in [0.1, 0.15) is 0 Å². The summed E-state index contributed by atoms with van der Waals surface area (Å²) in [6, 6.07) is 5.05. The lowest BCUT2D eigenvalue weighted by Gasteiger charge is -2.09. The quantitative estimate of drug-likeness (QED) is 0.852. The second-order valence-corrected chi connectivity index (χ2v) is 4.42. The van der Waals surface area contributed by atoms with Crippen LogP contribution in [0.3, 0.4) is 0 Å². The van der Waals surface area contributed by atoms with Crippen LogP contribution in [0.5, 0.6) is 11.8 Å². The van der Waals surface area contributed by atoms with Crippen LogP contribution in [0.25, 0.3) is 0 Å². The van der Waals surface area contributed by atoms with Gasteiger partial charge in [-0.3, -0.25) is 0 Å². The average molecular weight is 334 g/mol. The number of ether oxygens (including phenoxy) is 1. The van der Waals surface area contributed by atoms with Crippen molar-refractivity contribution in [2.24, 2.45) is 0 Å². The number of rotatable bonds is 2. The molecular weight excluding hydrogens is 327 g/mol.